The number of halogens is 2. The Morgan fingerprint density at radius 3 is 2.94 bits per heavy atom. The summed E-state index contributed by atoms with van der Waals surface area (Å²) in [6.45, 7) is 1.99. The average Bonchev–Trinajstić information content (AvgIpc) is 2.37. The maximum absolute atomic E-state index is 13.4. The highest BCUT2D eigenvalue weighted by Crippen LogP contribution is 2.31. The first kappa shape index (κ1) is 11.4. The van der Waals surface area contributed by atoms with Gasteiger partial charge in [-0.3, -0.25) is 4.79 Å². The van der Waals surface area contributed by atoms with E-state index in [0.717, 1.165) is 6.42 Å². The number of fused-ring (bicyclic) bond motifs is 1. The van der Waals surface area contributed by atoms with Crippen LogP contribution in [-0.4, -0.2) is 11.9 Å². The Labute approximate surface area is 102 Å². The number of carbonyl (C=O) groups is 1. The molecule has 0 bridgehead atoms. The van der Waals surface area contributed by atoms with Gasteiger partial charge in [-0.25, -0.2) is 4.39 Å². The van der Waals surface area contributed by atoms with Crippen LogP contribution in [0.25, 0.3) is 0 Å². The first-order valence-corrected chi connectivity index (χ1v) is 5.95. The van der Waals surface area contributed by atoms with Crippen molar-refractivity contribution in [2.24, 2.45) is 0 Å². The van der Waals surface area contributed by atoms with Gasteiger partial charge in [0, 0.05) is 18.5 Å². The van der Waals surface area contributed by atoms with E-state index in [4.69, 9.17) is 0 Å². The van der Waals surface area contributed by atoms with Crippen molar-refractivity contribution in [3.8, 4) is 0 Å². The van der Waals surface area contributed by atoms with Gasteiger partial charge in [-0.15, -0.1) is 0 Å². The summed E-state index contributed by atoms with van der Waals surface area (Å²) in [4.78, 5) is 11.6. The smallest absolute Gasteiger partial charge is 0.226 e. The van der Waals surface area contributed by atoms with Crippen molar-refractivity contribution in [2.45, 2.75) is 25.8 Å². The number of anilines is 2. The quantitative estimate of drug-likeness (QED) is 0.833. The van der Waals surface area contributed by atoms with Crippen LogP contribution in [0.4, 0.5) is 15.8 Å². The molecule has 0 saturated carbocycles. The van der Waals surface area contributed by atoms with Gasteiger partial charge in [0.1, 0.15) is 5.82 Å². The Hall–Kier alpha value is -1.10. The Morgan fingerprint density at radius 2 is 2.25 bits per heavy atom. The Morgan fingerprint density at radius 1 is 1.50 bits per heavy atom. The topological polar surface area (TPSA) is 41.1 Å². The van der Waals surface area contributed by atoms with E-state index in [-0.39, 0.29) is 17.8 Å². The minimum Gasteiger partial charge on any atom is -0.380 e. The number of amides is 1. The van der Waals surface area contributed by atoms with Crippen molar-refractivity contribution in [3.63, 3.8) is 0 Å². The molecule has 16 heavy (non-hydrogen) atoms. The first-order chi connectivity index (χ1) is 7.60. The zero-order chi connectivity index (χ0) is 11.7. The molecule has 1 heterocycles. The molecular weight excluding hydrogens is 275 g/mol. The van der Waals surface area contributed by atoms with Gasteiger partial charge in [0.25, 0.3) is 0 Å². The van der Waals surface area contributed by atoms with Gasteiger partial charge >= 0.3 is 0 Å². The van der Waals surface area contributed by atoms with Crippen molar-refractivity contribution < 1.29 is 9.18 Å². The maximum atomic E-state index is 13.4. The van der Waals surface area contributed by atoms with E-state index < -0.39 is 0 Å². The maximum Gasteiger partial charge on any atom is 0.226 e. The van der Waals surface area contributed by atoms with Gasteiger partial charge in [-0.2, -0.15) is 0 Å². The molecule has 3 nitrogen and oxygen atoms in total. The van der Waals surface area contributed by atoms with Gasteiger partial charge < -0.3 is 10.6 Å². The third-order valence-corrected chi connectivity index (χ3v) is 3.23. The highest BCUT2D eigenvalue weighted by atomic mass is 79.9. The van der Waals surface area contributed by atoms with E-state index in [9.17, 15) is 9.18 Å². The molecule has 5 heteroatoms. The van der Waals surface area contributed by atoms with Crippen molar-refractivity contribution in [1.29, 1.82) is 0 Å². The number of nitrogens with one attached hydrogen (secondary N) is 2. The SMILES string of the molecule is CCC1CC(=O)Nc2cc(Br)c(F)cc2N1. The zero-order valence-electron chi connectivity index (χ0n) is 8.81. The van der Waals surface area contributed by atoms with Gasteiger partial charge in [0.2, 0.25) is 5.91 Å². The summed E-state index contributed by atoms with van der Waals surface area (Å²) in [6.07, 6.45) is 1.23. The van der Waals surface area contributed by atoms with E-state index in [2.05, 4.69) is 26.6 Å². The molecule has 1 aromatic carbocycles. The molecule has 2 rings (SSSR count). The lowest BCUT2D eigenvalue weighted by molar-refractivity contribution is -0.116. The summed E-state index contributed by atoms with van der Waals surface area (Å²) in [5.74, 6) is -0.381. The molecule has 2 N–H and O–H groups in total. The molecule has 0 saturated heterocycles. The van der Waals surface area contributed by atoms with Crippen LogP contribution in [0.2, 0.25) is 0 Å². The van der Waals surface area contributed by atoms with Crippen molar-refractivity contribution in [1.82, 2.24) is 0 Å². The number of hydrogen-bond donors (Lipinski definition) is 2. The monoisotopic (exact) mass is 286 g/mol. The highest BCUT2D eigenvalue weighted by Gasteiger charge is 2.20. The van der Waals surface area contributed by atoms with Gasteiger partial charge in [0.05, 0.1) is 15.8 Å². The number of carbonyl (C=O) groups excluding carboxylic acids is 1. The molecule has 1 aromatic rings. The molecular formula is C11H12BrFN2O. The van der Waals surface area contributed by atoms with Crippen molar-refractivity contribution >= 4 is 33.2 Å². The molecule has 0 radical (unpaired) electrons. The summed E-state index contributed by atoms with van der Waals surface area (Å²) in [5, 5.41) is 5.92. The molecule has 1 unspecified atom stereocenters. The van der Waals surface area contributed by atoms with Gasteiger partial charge in [-0.1, -0.05) is 6.92 Å². The summed E-state index contributed by atoms with van der Waals surface area (Å²) in [7, 11) is 0. The van der Waals surface area contributed by atoms with E-state index in [1.807, 2.05) is 6.92 Å². The van der Waals surface area contributed by atoms with Crippen LogP contribution < -0.4 is 10.6 Å². The van der Waals surface area contributed by atoms with E-state index >= 15 is 0 Å². The van der Waals surface area contributed by atoms with Crippen molar-refractivity contribution in [2.75, 3.05) is 10.6 Å². The van der Waals surface area contributed by atoms with Crippen LogP contribution in [0, 0.1) is 5.82 Å². The van der Waals surface area contributed by atoms with Crippen LogP contribution in [0.15, 0.2) is 16.6 Å². The lowest BCUT2D eigenvalue weighted by Gasteiger charge is -2.14. The summed E-state index contributed by atoms with van der Waals surface area (Å²) >= 11 is 3.10. The molecule has 0 aromatic heterocycles. The first-order valence-electron chi connectivity index (χ1n) is 5.15. The molecule has 1 aliphatic rings. The fraction of sp³-hybridized carbons (Fsp3) is 0.364. The van der Waals surface area contributed by atoms with Crippen LogP contribution in [0.1, 0.15) is 19.8 Å². The Balaban J connectivity index is 2.42. The zero-order valence-corrected chi connectivity index (χ0v) is 10.4. The van der Waals surface area contributed by atoms with Crippen LogP contribution >= 0.6 is 15.9 Å². The lowest BCUT2D eigenvalue weighted by Crippen LogP contribution is -2.21. The summed E-state index contributed by atoms with van der Waals surface area (Å²) in [6, 6.07) is 3.03. The molecule has 1 amide bonds. The number of benzene rings is 1. The second kappa shape index (κ2) is 4.41. The summed E-state index contributed by atoms with van der Waals surface area (Å²) in [5.41, 5.74) is 1.26. The third-order valence-electron chi connectivity index (χ3n) is 2.62. The molecule has 0 aliphatic carbocycles. The third kappa shape index (κ3) is 2.19. The molecule has 0 fully saturated rings. The predicted octanol–water partition coefficient (Wildman–Crippen LogP) is 3.12. The molecule has 1 atom stereocenters. The van der Waals surface area contributed by atoms with Gasteiger partial charge in [0.15, 0.2) is 0 Å². The fourth-order valence-electron chi connectivity index (χ4n) is 1.71. The van der Waals surface area contributed by atoms with E-state index in [0.29, 0.717) is 22.3 Å². The molecule has 1 aliphatic heterocycles. The standard InChI is InChI=1S/C11H12BrFN2O/c1-2-6-3-11(16)15-9-4-7(12)8(13)5-10(9)14-6/h4-6,14H,2-3H2,1H3,(H,15,16). The Kier molecular flexibility index (Phi) is 3.14. The van der Waals surface area contributed by atoms with Crippen LogP contribution in [0.5, 0.6) is 0 Å². The molecule has 86 valence electrons. The van der Waals surface area contributed by atoms with Gasteiger partial charge in [-0.05, 0) is 28.4 Å². The summed E-state index contributed by atoms with van der Waals surface area (Å²) < 4.78 is 13.7. The fourth-order valence-corrected chi connectivity index (χ4v) is 2.06. The van der Waals surface area contributed by atoms with Crippen molar-refractivity contribution in [3.05, 3.63) is 22.4 Å². The normalized spacial score (nSPS) is 19.4. The number of hydrogen-bond acceptors (Lipinski definition) is 2. The number of rotatable bonds is 1. The van der Waals surface area contributed by atoms with Crippen LogP contribution in [0.3, 0.4) is 0 Å². The van der Waals surface area contributed by atoms with E-state index in [1.54, 1.807) is 6.07 Å². The minimum absolute atomic E-state index is 0.0448. The Bertz CT molecular complexity index is 436. The van der Waals surface area contributed by atoms with Crippen LogP contribution in [-0.2, 0) is 4.79 Å². The average molecular weight is 287 g/mol. The second-order valence-electron chi connectivity index (χ2n) is 3.81. The molecule has 0 spiro atoms. The van der Waals surface area contributed by atoms with E-state index in [1.165, 1.54) is 6.07 Å². The minimum atomic E-state index is -0.336. The second-order valence-corrected chi connectivity index (χ2v) is 4.67. The lowest BCUT2D eigenvalue weighted by atomic mass is 10.1. The highest BCUT2D eigenvalue weighted by molar-refractivity contribution is 9.10. The largest absolute Gasteiger partial charge is 0.380 e. The predicted molar refractivity (Wildman–Crippen MR) is 65.0 cm³/mol.